The van der Waals surface area contributed by atoms with Gasteiger partial charge in [-0.1, -0.05) is 16.3 Å². The highest BCUT2D eigenvalue weighted by molar-refractivity contribution is 6.69. The van der Waals surface area contributed by atoms with Crippen LogP contribution in [0.25, 0.3) is 0 Å². The fraction of sp³-hybridized carbons (Fsp3) is 0.375. The Kier molecular flexibility index (Phi) is 4.92. The van der Waals surface area contributed by atoms with Crippen molar-refractivity contribution < 1.29 is 14.8 Å². The summed E-state index contributed by atoms with van der Waals surface area (Å²) in [5.41, 5.74) is -0.0719. The van der Waals surface area contributed by atoms with Gasteiger partial charge in [-0.3, -0.25) is 0 Å². The smallest absolute Gasteiger partial charge is 0.484 e. The zero-order valence-electron chi connectivity index (χ0n) is 13.6. The summed E-state index contributed by atoms with van der Waals surface area (Å²) >= 11 is 0. The average Bonchev–Trinajstić information content (AvgIpc) is 2.26. The van der Waals surface area contributed by atoms with Crippen LogP contribution < -0.4 is 10.2 Å². The predicted octanol–water partition coefficient (Wildman–Crippen LogP) is -7.58. The number of pyridine rings is 1. The van der Waals surface area contributed by atoms with Gasteiger partial charge in [-0.05, 0) is 6.07 Å². The lowest BCUT2D eigenvalue weighted by Crippen LogP contribution is -2.59. The lowest BCUT2D eigenvalue weighted by Gasteiger charge is -2.52. The highest BCUT2D eigenvalue weighted by Crippen LogP contribution is 2.42. The second-order valence-corrected chi connectivity index (χ2v) is 7.44. The van der Waals surface area contributed by atoms with Crippen LogP contribution >= 0.6 is 0 Å². The monoisotopic (exact) mass is 265 g/mol. The van der Waals surface area contributed by atoms with Crippen LogP contribution in [0.1, 0.15) is 0 Å². The third kappa shape index (κ3) is 3.53. The Bertz CT molecular complexity index is 440. The molecule has 0 spiro atoms. The van der Waals surface area contributed by atoms with E-state index < -0.39 is 12.6 Å². The third-order valence-electron chi connectivity index (χ3n) is 4.23. The van der Waals surface area contributed by atoms with E-state index in [1.165, 1.54) is 6.20 Å². The fourth-order valence-corrected chi connectivity index (χ4v) is 2.25. The number of ether oxygens (including phenoxy) is 1. The first kappa shape index (κ1) is 17.4. The van der Waals surface area contributed by atoms with E-state index in [4.69, 9.17) is 14.8 Å². The molecule has 1 heterocycles. The van der Waals surface area contributed by atoms with Gasteiger partial charge in [-0.25, -0.2) is 4.98 Å². The van der Waals surface area contributed by atoms with E-state index in [9.17, 15) is 0 Å². The van der Waals surface area contributed by atoms with Crippen molar-refractivity contribution in [1.29, 1.82) is 0 Å². The number of nitrogens with zero attached hydrogens (tertiary/aromatic N) is 1. The predicted molar refractivity (Wildman–Crippen MR) is 103 cm³/mol. The van der Waals surface area contributed by atoms with Crippen LogP contribution in [0.2, 0.25) is 10.2 Å². The number of aromatic nitrogens is 1. The Morgan fingerprint density at radius 1 is 0.950 bits per heavy atom. The SMILES string of the molecule is BC(B)(B)C(B)(Oc1ccc(B(O)O)cn1)C(B)(B)B. The van der Waals surface area contributed by atoms with Gasteiger partial charge in [0.15, 0.2) is 7.85 Å². The summed E-state index contributed by atoms with van der Waals surface area (Å²) in [6, 6.07) is 3.28. The minimum absolute atomic E-state index is 0.0813. The van der Waals surface area contributed by atoms with E-state index in [1.807, 2.05) is 0 Å². The molecule has 98 valence electrons. The zero-order chi connectivity index (χ0) is 15.8. The van der Waals surface area contributed by atoms with Crippen molar-refractivity contribution in [3.8, 4) is 5.88 Å². The van der Waals surface area contributed by atoms with Crippen molar-refractivity contribution in [2.45, 2.75) is 15.7 Å². The van der Waals surface area contributed by atoms with E-state index in [-0.39, 0.29) is 10.2 Å². The molecule has 0 amide bonds. The number of hydrogen-bond donors (Lipinski definition) is 2. The molecule has 0 aliphatic heterocycles. The summed E-state index contributed by atoms with van der Waals surface area (Å²) in [7, 11) is 13.4. The maximum atomic E-state index is 9.08. The van der Waals surface area contributed by atoms with Gasteiger partial charge in [-0.2, -0.15) is 0 Å². The standard InChI is InChI=1S/C8H19B8NO3/c9-6(7(10,11)12,8(13,14)15)20-5-2-1-4(3-17-5)16(18)19/h1-3,18-19H,9-15H2. The highest BCUT2D eigenvalue weighted by Gasteiger charge is 2.47. The molecule has 0 atom stereocenters. The van der Waals surface area contributed by atoms with Gasteiger partial charge in [0.25, 0.3) is 0 Å². The molecule has 0 saturated heterocycles. The van der Waals surface area contributed by atoms with E-state index in [1.54, 1.807) is 12.1 Å². The molecule has 0 radical (unpaired) electrons. The quantitative estimate of drug-likeness (QED) is 0.518. The Hall–Kier alpha value is -0.611. The normalized spacial score (nSPS) is 12.9. The Morgan fingerprint density at radius 3 is 1.75 bits per heavy atom. The van der Waals surface area contributed by atoms with Crippen LogP contribution in [-0.2, 0) is 0 Å². The Morgan fingerprint density at radius 2 is 1.45 bits per heavy atom. The molecule has 0 aliphatic rings. The summed E-state index contributed by atoms with van der Waals surface area (Å²) in [6.45, 7) is 0. The van der Waals surface area contributed by atoms with Crippen LogP contribution in [0, 0.1) is 0 Å². The first-order valence-electron chi connectivity index (χ1n) is 6.89. The van der Waals surface area contributed by atoms with Crippen molar-refractivity contribution in [2.24, 2.45) is 0 Å². The first-order chi connectivity index (χ1) is 8.88. The summed E-state index contributed by atoms with van der Waals surface area (Å²) in [5.74, 6) is 0.488. The van der Waals surface area contributed by atoms with E-state index in [2.05, 4.69) is 59.9 Å². The summed E-state index contributed by atoms with van der Waals surface area (Å²) < 4.78 is 6.19. The molecule has 2 N–H and O–H groups in total. The van der Waals surface area contributed by atoms with Crippen molar-refractivity contribution in [3.05, 3.63) is 18.3 Å². The molecule has 0 unspecified atom stereocenters. The molecular weight excluding hydrogens is 245 g/mol. The van der Waals surface area contributed by atoms with Gasteiger partial charge in [0, 0.05) is 17.2 Å². The summed E-state index contributed by atoms with van der Waals surface area (Å²) in [5, 5.41) is 18.0. The Labute approximate surface area is 127 Å². The summed E-state index contributed by atoms with van der Waals surface area (Å²) in [4.78, 5) is 4.17. The largest absolute Gasteiger partial charge is 0.490 e. The molecule has 1 aromatic heterocycles. The molecule has 4 nitrogen and oxygen atoms in total. The molecule has 0 aromatic carbocycles. The second-order valence-electron chi connectivity index (χ2n) is 7.44. The Balaban J connectivity index is 3.09. The van der Waals surface area contributed by atoms with Crippen molar-refractivity contribution in [3.63, 3.8) is 0 Å². The van der Waals surface area contributed by atoms with Crippen LogP contribution in [0.15, 0.2) is 18.3 Å². The maximum Gasteiger partial charge on any atom is 0.490 e. The number of rotatable bonds is 5. The lowest BCUT2D eigenvalue weighted by molar-refractivity contribution is 0.151. The van der Waals surface area contributed by atoms with E-state index in [0.717, 1.165) is 0 Å². The minimum atomic E-state index is -1.51. The van der Waals surface area contributed by atoms with Gasteiger partial charge in [0.2, 0.25) is 5.88 Å². The first-order valence-corrected chi connectivity index (χ1v) is 6.89. The highest BCUT2D eigenvalue weighted by atomic mass is 16.5. The average molecular weight is 264 g/mol. The maximum absolute atomic E-state index is 9.08. The number of hydrogen-bond acceptors (Lipinski definition) is 4. The van der Waals surface area contributed by atoms with Gasteiger partial charge in [0.1, 0.15) is 0 Å². The van der Waals surface area contributed by atoms with Crippen LogP contribution in [0.3, 0.4) is 0 Å². The molecule has 0 bridgehead atoms. The van der Waals surface area contributed by atoms with Crippen LogP contribution in [0.4, 0.5) is 0 Å². The van der Waals surface area contributed by atoms with Gasteiger partial charge in [-0.15, -0.1) is 0 Å². The molecular formula is C8H19B8NO3. The molecule has 1 aromatic rings. The van der Waals surface area contributed by atoms with Gasteiger partial charge >= 0.3 is 7.12 Å². The van der Waals surface area contributed by atoms with Gasteiger partial charge in [0.05, 0.1) is 47.1 Å². The molecule has 20 heavy (non-hydrogen) atoms. The third-order valence-corrected chi connectivity index (χ3v) is 4.23. The zero-order valence-corrected chi connectivity index (χ0v) is 13.6. The van der Waals surface area contributed by atoms with E-state index in [0.29, 0.717) is 11.3 Å². The second kappa shape index (κ2) is 5.64. The minimum Gasteiger partial charge on any atom is -0.484 e. The van der Waals surface area contributed by atoms with Gasteiger partial charge < -0.3 is 14.8 Å². The fourth-order valence-electron chi connectivity index (χ4n) is 2.25. The summed E-state index contributed by atoms with van der Waals surface area (Å²) in [6.07, 6.45) is 1.42. The van der Waals surface area contributed by atoms with Crippen molar-refractivity contribution in [1.82, 2.24) is 4.98 Å². The van der Waals surface area contributed by atoms with Crippen LogP contribution in [-0.4, -0.2) is 82.6 Å². The molecule has 1 rings (SSSR count). The van der Waals surface area contributed by atoms with Crippen molar-refractivity contribution >= 4 is 67.5 Å². The molecule has 12 heteroatoms. The topological polar surface area (TPSA) is 62.6 Å². The van der Waals surface area contributed by atoms with Crippen LogP contribution in [0.5, 0.6) is 5.88 Å². The lowest BCUT2D eigenvalue weighted by atomic mass is 9.19. The molecule has 0 fully saturated rings. The van der Waals surface area contributed by atoms with E-state index >= 15 is 0 Å². The molecule has 0 saturated carbocycles. The van der Waals surface area contributed by atoms with Crippen molar-refractivity contribution in [2.75, 3.05) is 0 Å². The molecule has 0 aliphatic carbocycles.